The lowest BCUT2D eigenvalue weighted by Crippen LogP contribution is -2.17. The Bertz CT molecular complexity index is 1040. The summed E-state index contributed by atoms with van der Waals surface area (Å²) in [6.45, 7) is 0. The molecule has 0 spiro atoms. The lowest BCUT2D eigenvalue weighted by atomic mass is 10.1. The summed E-state index contributed by atoms with van der Waals surface area (Å²) in [5.74, 6) is -1.30. The van der Waals surface area contributed by atoms with Crippen molar-refractivity contribution in [2.75, 3.05) is 5.32 Å². The van der Waals surface area contributed by atoms with Crippen LogP contribution in [0, 0.1) is 11.3 Å². The molecular formula is C17H10BrN5O3. The van der Waals surface area contributed by atoms with Gasteiger partial charge in [0.15, 0.2) is 11.5 Å². The molecule has 1 amide bonds. The van der Waals surface area contributed by atoms with Crippen LogP contribution in [-0.4, -0.2) is 31.7 Å². The van der Waals surface area contributed by atoms with Crippen LogP contribution in [0.2, 0.25) is 0 Å². The van der Waals surface area contributed by atoms with Crippen LogP contribution in [0.3, 0.4) is 0 Å². The molecule has 0 aliphatic heterocycles. The van der Waals surface area contributed by atoms with Crippen molar-refractivity contribution < 1.29 is 14.7 Å². The molecule has 0 radical (unpaired) electrons. The zero-order chi connectivity index (χ0) is 18.7. The predicted molar refractivity (Wildman–Crippen MR) is 95.1 cm³/mol. The highest BCUT2D eigenvalue weighted by atomic mass is 79.9. The third-order valence-corrected chi connectivity index (χ3v) is 3.92. The summed E-state index contributed by atoms with van der Waals surface area (Å²) >= 11 is 3.19. The lowest BCUT2D eigenvalue weighted by molar-refractivity contribution is 0.0698. The van der Waals surface area contributed by atoms with Crippen LogP contribution in [0.25, 0.3) is 5.82 Å². The van der Waals surface area contributed by atoms with E-state index in [1.165, 1.54) is 18.2 Å². The second-order valence-electron chi connectivity index (χ2n) is 5.15. The fourth-order valence-electron chi connectivity index (χ4n) is 2.18. The normalized spacial score (nSPS) is 10.2. The molecule has 0 unspecified atom stereocenters. The van der Waals surface area contributed by atoms with Crippen molar-refractivity contribution in [3.8, 4) is 11.9 Å². The number of benzene rings is 1. The molecular weight excluding hydrogens is 402 g/mol. The first-order valence-electron chi connectivity index (χ1n) is 7.24. The van der Waals surface area contributed by atoms with Crippen LogP contribution < -0.4 is 5.32 Å². The number of nitriles is 1. The van der Waals surface area contributed by atoms with Gasteiger partial charge in [-0.1, -0.05) is 15.9 Å². The van der Waals surface area contributed by atoms with Crippen LogP contribution >= 0.6 is 15.9 Å². The van der Waals surface area contributed by atoms with E-state index in [0.717, 1.165) is 0 Å². The van der Waals surface area contributed by atoms with Gasteiger partial charge in [0.05, 0.1) is 16.8 Å². The summed E-state index contributed by atoms with van der Waals surface area (Å²) in [5.41, 5.74) is 0.611. The van der Waals surface area contributed by atoms with E-state index in [0.29, 0.717) is 15.9 Å². The molecule has 0 saturated heterocycles. The predicted octanol–water partition coefficient (Wildman–Crippen LogP) is 2.85. The van der Waals surface area contributed by atoms with Crippen LogP contribution in [0.15, 0.2) is 53.3 Å². The molecule has 0 aliphatic carbocycles. The number of halogens is 1. The highest BCUT2D eigenvalue weighted by molar-refractivity contribution is 9.10. The van der Waals surface area contributed by atoms with Crippen molar-refractivity contribution in [3.05, 3.63) is 70.1 Å². The molecule has 1 aromatic carbocycles. The average molecular weight is 412 g/mol. The van der Waals surface area contributed by atoms with Crippen LogP contribution in [-0.2, 0) is 0 Å². The number of carbonyl (C=O) groups excluding carboxylic acids is 1. The maximum Gasteiger partial charge on any atom is 0.337 e. The first-order valence-corrected chi connectivity index (χ1v) is 8.03. The summed E-state index contributed by atoms with van der Waals surface area (Å²) in [6, 6.07) is 11.2. The zero-order valence-corrected chi connectivity index (χ0v) is 14.6. The molecule has 3 rings (SSSR count). The average Bonchev–Trinajstić information content (AvgIpc) is 3.12. The van der Waals surface area contributed by atoms with E-state index in [1.54, 1.807) is 35.2 Å². The van der Waals surface area contributed by atoms with Gasteiger partial charge in [-0.15, -0.1) is 10.2 Å². The quantitative estimate of drug-likeness (QED) is 0.680. The number of carboxylic acid groups (broad SMARTS) is 1. The second-order valence-corrected chi connectivity index (χ2v) is 6.06. The number of aromatic nitrogens is 3. The van der Waals surface area contributed by atoms with E-state index in [9.17, 15) is 14.7 Å². The third-order valence-electron chi connectivity index (χ3n) is 3.43. The number of anilines is 1. The Balaban J connectivity index is 1.81. The third kappa shape index (κ3) is 3.60. The van der Waals surface area contributed by atoms with Crippen LogP contribution in [0.5, 0.6) is 0 Å². The van der Waals surface area contributed by atoms with Gasteiger partial charge in [0.25, 0.3) is 5.91 Å². The Morgan fingerprint density at radius 2 is 2.00 bits per heavy atom. The molecule has 0 bridgehead atoms. The van der Waals surface area contributed by atoms with E-state index in [2.05, 4.69) is 31.4 Å². The molecule has 0 aliphatic rings. The number of nitrogens with zero attached hydrogens (tertiary/aromatic N) is 4. The van der Waals surface area contributed by atoms with Gasteiger partial charge in [-0.25, -0.2) is 4.79 Å². The number of amides is 1. The monoisotopic (exact) mass is 411 g/mol. The number of rotatable bonds is 4. The molecule has 26 heavy (non-hydrogen) atoms. The lowest BCUT2D eigenvalue weighted by Gasteiger charge is -2.08. The van der Waals surface area contributed by atoms with Crippen molar-refractivity contribution in [1.82, 2.24) is 14.8 Å². The molecule has 128 valence electrons. The Labute approximate surface area is 155 Å². The molecule has 0 fully saturated rings. The van der Waals surface area contributed by atoms with Gasteiger partial charge in [0.1, 0.15) is 6.07 Å². The number of aromatic carboxylic acids is 1. The molecule has 2 N–H and O–H groups in total. The molecule has 3 aromatic rings. The zero-order valence-electron chi connectivity index (χ0n) is 13.0. The van der Waals surface area contributed by atoms with Crippen molar-refractivity contribution in [2.24, 2.45) is 0 Å². The number of carboxylic acids is 1. The van der Waals surface area contributed by atoms with Gasteiger partial charge < -0.3 is 15.0 Å². The van der Waals surface area contributed by atoms with Crippen LogP contribution in [0.1, 0.15) is 26.4 Å². The largest absolute Gasteiger partial charge is 0.478 e. The van der Waals surface area contributed by atoms with Crippen LogP contribution in [0.4, 0.5) is 5.69 Å². The smallest absolute Gasteiger partial charge is 0.337 e. The Morgan fingerprint density at radius 3 is 2.62 bits per heavy atom. The molecule has 8 nitrogen and oxygen atoms in total. The Kier molecular flexibility index (Phi) is 4.77. The fraction of sp³-hybridized carbons (Fsp3) is 0. The number of carbonyl (C=O) groups is 2. The number of nitrogens with one attached hydrogen (secondary N) is 1. The van der Waals surface area contributed by atoms with Gasteiger partial charge in [0.2, 0.25) is 0 Å². The van der Waals surface area contributed by atoms with Gasteiger partial charge in [0, 0.05) is 16.9 Å². The fourth-order valence-corrected chi connectivity index (χ4v) is 2.54. The minimum Gasteiger partial charge on any atom is -0.478 e. The highest BCUT2D eigenvalue weighted by Crippen LogP contribution is 2.21. The Hall–Kier alpha value is -3.51. The van der Waals surface area contributed by atoms with E-state index in [1.807, 2.05) is 6.07 Å². The van der Waals surface area contributed by atoms with Gasteiger partial charge >= 0.3 is 5.97 Å². The molecule has 0 atom stereocenters. The molecule has 9 heteroatoms. The van der Waals surface area contributed by atoms with Crippen molar-refractivity contribution in [3.63, 3.8) is 0 Å². The van der Waals surface area contributed by atoms with Crippen molar-refractivity contribution >= 4 is 33.5 Å². The van der Waals surface area contributed by atoms with Crippen molar-refractivity contribution in [2.45, 2.75) is 0 Å². The summed E-state index contributed by atoms with van der Waals surface area (Å²) < 4.78 is 2.19. The van der Waals surface area contributed by atoms with Gasteiger partial charge in [-0.2, -0.15) is 5.26 Å². The first-order chi connectivity index (χ1) is 12.5. The maximum atomic E-state index is 12.3. The summed E-state index contributed by atoms with van der Waals surface area (Å²) in [5, 5.41) is 28.4. The molecule has 2 heterocycles. The number of hydrogen-bond acceptors (Lipinski definition) is 5. The first kappa shape index (κ1) is 17.3. The topological polar surface area (TPSA) is 121 Å². The van der Waals surface area contributed by atoms with E-state index < -0.39 is 11.9 Å². The van der Waals surface area contributed by atoms with Gasteiger partial charge in [-0.3, -0.25) is 4.79 Å². The maximum absolute atomic E-state index is 12.3. The Morgan fingerprint density at radius 1 is 1.19 bits per heavy atom. The summed E-state index contributed by atoms with van der Waals surface area (Å²) in [4.78, 5) is 23.6. The second kappa shape index (κ2) is 7.16. The van der Waals surface area contributed by atoms with E-state index in [-0.39, 0.29) is 16.9 Å². The minimum atomic E-state index is -1.16. The summed E-state index contributed by atoms with van der Waals surface area (Å²) in [6.07, 6.45) is 3.24. The van der Waals surface area contributed by atoms with Gasteiger partial charge in [-0.05, 0) is 36.4 Å². The highest BCUT2D eigenvalue weighted by Gasteiger charge is 2.15. The van der Waals surface area contributed by atoms with E-state index >= 15 is 0 Å². The van der Waals surface area contributed by atoms with Crippen molar-refractivity contribution in [1.29, 1.82) is 5.26 Å². The summed E-state index contributed by atoms with van der Waals surface area (Å²) in [7, 11) is 0. The standard InChI is InChI=1S/C17H10BrN5O3/c18-11-1-2-13(12(7-11)17(25)26)20-16(24)14-3-4-15(22-21-14)23-6-5-10(8-19)9-23/h1-7,9H,(H,20,24)(H,25,26). The van der Waals surface area contributed by atoms with E-state index in [4.69, 9.17) is 5.26 Å². The SMILES string of the molecule is N#Cc1ccn(-c2ccc(C(=O)Nc3ccc(Br)cc3C(=O)O)nn2)c1. The number of hydrogen-bond donors (Lipinski definition) is 2. The molecule has 2 aromatic heterocycles. The molecule has 0 saturated carbocycles. The minimum absolute atomic E-state index is 0.0284.